The molecule has 1 aliphatic rings. The third-order valence-corrected chi connectivity index (χ3v) is 4.95. The van der Waals surface area contributed by atoms with Gasteiger partial charge in [-0.25, -0.2) is 4.79 Å². The second kappa shape index (κ2) is 10.7. The van der Waals surface area contributed by atoms with Gasteiger partial charge < -0.3 is 20.2 Å². The molecule has 1 fully saturated rings. The largest absolute Gasteiger partial charge is 0.481 e. The number of benzene rings is 1. The molecule has 1 heterocycles. The van der Waals surface area contributed by atoms with Crippen LogP contribution in [0.5, 0.6) is 0 Å². The van der Waals surface area contributed by atoms with Crippen LogP contribution in [-0.4, -0.2) is 65.0 Å². The highest BCUT2D eigenvalue weighted by molar-refractivity contribution is 5.78. The molecule has 0 bridgehead atoms. The predicted octanol–water partition coefficient (Wildman–Crippen LogP) is 2.36. The molecule has 3 amide bonds. The Labute approximate surface area is 166 Å². The number of carbonyl (C=O) groups excluding carboxylic acids is 2. The number of carboxylic acids is 1. The lowest BCUT2D eigenvalue weighted by atomic mass is 10.0. The van der Waals surface area contributed by atoms with Crippen molar-refractivity contribution in [1.82, 2.24) is 15.1 Å². The van der Waals surface area contributed by atoms with Gasteiger partial charge in [0.05, 0.1) is 0 Å². The summed E-state index contributed by atoms with van der Waals surface area (Å²) in [6, 6.07) is 9.30. The van der Waals surface area contributed by atoms with Crippen LogP contribution < -0.4 is 5.32 Å². The van der Waals surface area contributed by atoms with Gasteiger partial charge in [-0.15, -0.1) is 0 Å². The van der Waals surface area contributed by atoms with Crippen LogP contribution in [0.1, 0.15) is 38.7 Å². The van der Waals surface area contributed by atoms with Crippen molar-refractivity contribution in [3.63, 3.8) is 0 Å². The van der Waals surface area contributed by atoms with Gasteiger partial charge in [0, 0.05) is 44.6 Å². The highest BCUT2D eigenvalue weighted by atomic mass is 16.4. The first kappa shape index (κ1) is 21.7. The van der Waals surface area contributed by atoms with E-state index >= 15 is 0 Å². The summed E-state index contributed by atoms with van der Waals surface area (Å²) in [5.74, 6) is -0.803. The Kier molecular flexibility index (Phi) is 8.29. The maximum absolute atomic E-state index is 12.8. The summed E-state index contributed by atoms with van der Waals surface area (Å²) < 4.78 is 0. The number of nitrogens with zero attached hydrogens (tertiary/aromatic N) is 2. The molecule has 7 nitrogen and oxygen atoms in total. The van der Waals surface area contributed by atoms with Crippen LogP contribution >= 0.6 is 0 Å². The summed E-state index contributed by atoms with van der Waals surface area (Å²) in [5.41, 5.74) is 1.06. The Hall–Kier alpha value is -2.57. The lowest BCUT2D eigenvalue weighted by Gasteiger charge is -2.26. The number of hydrogen-bond donors (Lipinski definition) is 2. The van der Waals surface area contributed by atoms with E-state index in [9.17, 15) is 14.4 Å². The quantitative estimate of drug-likeness (QED) is 0.749. The lowest BCUT2D eigenvalue weighted by molar-refractivity contribution is -0.137. The minimum Gasteiger partial charge on any atom is -0.481 e. The number of hydrogen-bond acceptors (Lipinski definition) is 3. The minimum atomic E-state index is -0.870. The summed E-state index contributed by atoms with van der Waals surface area (Å²) >= 11 is 0. The van der Waals surface area contributed by atoms with Crippen molar-refractivity contribution in [2.75, 3.05) is 26.2 Å². The first-order valence-corrected chi connectivity index (χ1v) is 9.96. The van der Waals surface area contributed by atoms with Crippen LogP contribution in [-0.2, 0) is 16.0 Å². The molecule has 0 aliphatic carbocycles. The molecule has 1 unspecified atom stereocenters. The standard InChI is InChI=1S/C21H31N3O4/c1-16(2)20(27)23-11-6-12-24(14-13-23)21(28)22-18(9-10-19(25)26)15-17-7-4-3-5-8-17/h3-5,7-8,16,18H,6,9-15H2,1-2H3,(H,22,28)(H,25,26). The molecule has 154 valence electrons. The van der Waals surface area contributed by atoms with Crippen LogP contribution in [0.2, 0.25) is 0 Å². The molecule has 0 radical (unpaired) electrons. The molecule has 1 atom stereocenters. The third kappa shape index (κ3) is 6.87. The van der Waals surface area contributed by atoms with E-state index < -0.39 is 5.97 Å². The van der Waals surface area contributed by atoms with Gasteiger partial charge in [0.1, 0.15) is 0 Å². The fourth-order valence-corrected chi connectivity index (χ4v) is 3.39. The number of urea groups is 1. The highest BCUT2D eigenvalue weighted by Gasteiger charge is 2.25. The van der Waals surface area contributed by atoms with Crippen LogP contribution in [0.25, 0.3) is 0 Å². The summed E-state index contributed by atoms with van der Waals surface area (Å²) in [6.07, 6.45) is 1.71. The van der Waals surface area contributed by atoms with E-state index in [-0.39, 0.29) is 30.3 Å². The number of carboxylic acid groups (broad SMARTS) is 1. The van der Waals surface area contributed by atoms with Gasteiger partial charge in [0.2, 0.25) is 5.91 Å². The van der Waals surface area contributed by atoms with Crippen molar-refractivity contribution in [2.45, 2.75) is 45.6 Å². The van der Waals surface area contributed by atoms with E-state index in [4.69, 9.17) is 5.11 Å². The minimum absolute atomic E-state index is 0.00838. The number of carbonyl (C=O) groups is 3. The molecule has 1 aliphatic heterocycles. The van der Waals surface area contributed by atoms with Crippen molar-refractivity contribution >= 4 is 17.9 Å². The summed E-state index contributed by atoms with van der Waals surface area (Å²) in [6.45, 7) is 6.03. The topological polar surface area (TPSA) is 90.0 Å². The molecular formula is C21H31N3O4. The van der Waals surface area contributed by atoms with Crippen molar-refractivity contribution < 1.29 is 19.5 Å². The zero-order valence-corrected chi connectivity index (χ0v) is 16.8. The first-order valence-electron chi connectivity index (χ1n) is 9.96. The lowest BCUT2D eigenvalue weighted by Crippen LogP contribution is -2.47. The normalized spacial score (nSPS) is 15.8. The Morgan fingerprint density at radius 1 is 1.04 bits per heavy atom. The summed E-state index contributed by atoms with van der Waals surface area (Å²) in [5, 5.41) is 12.0. The van der Waals surface area contributed by atoms with E-state index in [1.54, 1.807) is 4.90 Å². The van der Waals surface area contributed by atoms with Gasteiger partial charge in [0.15, 0.2) is 0 Å². The molecule has 0 saturated carbocycles. The van der Waals surface area contributed by atoms with Crippen LogP contribution in [0.15, 0.2) is 30.3 Å². The van der Waals surface area contributed by atoms with Gasteiger partial charge in [-0.3, -0.25) is 9.59 Å². The Morgan fingerprint density at radius 3 is 2.32 bits per heavy atom. The zero-order chi connectivity index (χ0) is 20.5. The number of rotatable bonds is 7. The Bertz CT molecular complexity index is 663. The third-order valence-electron chi connectivity index (χ3n) is 4.95. The van der Waals surface area contributed by atoms with Crippen LogP contribution in [0, 0.1) is 5.92 Å². The van der Waals surface area contributed by atoms with Crippen molar-refractivity contribution in [2.24, 2.45) is 5.92 Å². The number of amides is 3. The van der Waals surface area contributed by atoms with Crippen molar-refractivity contribution in [3.05, 3.63) is 35.9 Å². The molecule has 1 aromatic carbocycles. The number of aliphatic carboxylic acids is 1. The molecule has 1 aromatic rings. The van der Waals surface area contributed by atoms with Crippen LogP contribution in [0.4, 0.5) is 4.79 Å². The first-order chi connectivity index (χ1) is 13.4. The van der Waals surface area contributed by atoms with Crippen LogP contribution in [0.3, 0.4) is 0 Å². The summed E-state index contributed by atoms with van der Waals surface area (Å²) in [7, 11) is 0. The van der Waals surface area contributed by atoms with E-state index in [2.05, 4.69) is 5.32 Å². The molecule has 1 saturated heterocycles. The van der Waals surface area contributed by atoms with Gasteiger partial charge in [-0.2, -0.15) is 0 Å². The van der Waals surface area contributed by atoms with Gasteiger partial charge in [0.25, 0.3) is 0 Å². The van der Waals surface area contributed by atoms with Gasteiger partial charge in [-0.1, -0.05) is 44.2 Å². The maximum atomic E-state index is 12.8. The van der Waals surface area contributed by atoms with E-state index in [0.717, 1.165) is 12.0 Å². The number of nitrogens with one attached hydrogen (secondary N) is 1. The monoisotopic (exact) mass is 389 g/mol. The SMILES string of the molecule is CC(C)C(=O)N1CCCN(C(=O)NC(CCC(=O)O)Cc2ccccc2)CC1. The second-order valence-electron chi connectivity index (χ2n) is 7.59. The fraction of sp³-hybridized carbons (Fsp3) is 0.571. The van der Waals surface area contributed by atoms with Gasteiger partial charge in [-0.05, 0) is 24.8 Å². The average molecular weight is 389 g/mol. The Balaban J connectivity index is 1.95. The molecule has 28 heavy (non-hydrogen) atoms. The van der Waals surface area contributed by atoms with Crippen molar-refractivity contribution in [3.8, 4) is 0 Å². The molecule has 7 heteroatoms. The van der Waals surface area contributed by atoms with Gasteiger partial charge >= 0.3 is 12.0 Å². The van der Waals surface area contributed by atoms with E-state index in [0.29, 0.717) is 39.0 Å². The fourth-order valence-electron chi connectivity index (χ4n) is 3.39. The molecule has 2 N–H and O–H groups in total. The highest BCUT2D eigenvalue weighted by Crippen LogP contribution is 2.11. The van der Waals surface area contributed by atoms with Crippen molar-refractivity contribution in [1.29, 1.82) is 0 Å². The molecular weight excluding hydrogens is 358 g/mol. The molecule has 0 aromatic heterocycles. The zero-order valence-electron chi connectivity index (χ0n) is 16.8. The Morgan fingerprint density at radius 2 is 1.68 bits per heavy atom. The maximum Gasteiger partial charge on any atom is 0.317 e. The molecule has 0 spiro atoms. The average Bonchev–Trinajstić information content (AvgIpc) is 2.92. The summed E-state index contributed by atoms with van der Waals surface area (Å²) in [4.78, 5) is 39.5. The van der Waals surface area contributed by atoms with E-state index in [1.165, 1.54) is 0 Å². The van der Waals surface area contributed by atoms with E-state index in [1.807, 2.05) is 49.1 Å². The second-order valence-corrected chi connectivity index (χ2v) is 7.59. The smallest absolute Gasteiger partial charge is 0.317 e. The molecule has 2 rings (SSSR count). The predicted molar refractivity (Wildman–Crippen MR) is 107 cm³/mol.